The zero-order chi connectivity index (χ0) is 16.9. The van der Waals surface area contributed by atoms with E-state index in [0.717, 1.165) is 19.0 Å². The summed E-state index contributed by atoms with van der Waals surface area (Å²) in [7, 11) is 0. The first-order chi connectivity index (χ1) is 12.4. The van der Waals surface area contributed by atoms with Gasteiger partial charge in [0.15, 0.2) is 0 Å². The molecular formula is C20H27Cl2N5. The van der Waals surface area contributed by atoms with Gasteiger partial charge in [-0.2, -0.15) is 0 Å². The average Bonchev–Trinajstić information content (AvgIpc) is 3.04. The van der Waals surface area contributed by atoms with Crippen LogP contribution in [0.4, 0.5) is 5.95 Å². The van der Waals surface area contributed by atoms with E-state index in [1.807, 2.05) is 12.4 Å². The molecule has 146 valence electrons. The van der Waals surface area contributed by atoms with Crippen LogP contribution in [-0.2, 0) is 13.1 Å². The maximum Gasteiger partial charge on any atom is 0.356 e. The van der Waals surface area contributed by atoms with Crippen LogP contribution < -0.4 is 39.6 Å². The minimum Gasteiger partial charge on any atom is -1.00 e. The van der Waals surface area contributed by atoms with Crippen molar-refractivity contribution in [1.82, 2.24) is 9.97 Å². The van der Waals surface area contributed by atoms with Crippen molar-refractivity contribution in [3.05, 3.63) is 54.4 Å². The molecule has 0 atom stereocenters. The Balaban J connectivity index is 0.00000131. The van der Waals surface area contributed by atoms with E-state index < -0.39 is 0 Å². The fourth-order valence-electron chi connectivity index (χ4n) is 3.76. The van der Waals surface area contributed by atoms with Crippen molar-refractivity contribution in [1.29, 1.82) is 0 Å². The number of quaternary nitrogens is 1. The molecule has 1 aliphatic rings. The van der Waals surface area contributed by atoms with Gasteiger partial charge in [0.2, 0.25) is 0 Å². The van der Waals surface area contributed by atoms with E-state index in [4.69, 9.17) is 0 Å². The predicted molar refractivity (Wildman–Crippen MR) is 99.5 cm³/mol. The van der Waals surface area contributed by atoms with E-state index >= 15 is 0 Å². The molecule has 1 saturated heterocycles. The molecule has 0 saturated carbocycles. The minimum absolute atomic E-state index is 0. The SMILES string of the molecule is [Cl-].[Cl-].c1ccc2c(c1)[nH]c(NCc1ccncc1)[n+]2CC[NH+]1CCCCC1. The standard InChI is InChI=1S/C20H25N5.2ClH/c1-4-12-24(13-5-1)14-15-25-19-7-3-2-6-18(19)23-20(25)22-16-17-8-10-21-11-9-17;;/h2-3,6-11H,1,4-5,12-16H2,(H,22,23);2*1H. The van der Waals surface area contributed by atoms with Crippen LogP contribution in [0.25, 0.3) is 11.0 Å². The predicted octanol–water partition coefficient (Wildman–Crippen LogP) is -4.46. The van der Waals surface area contributed by atoms with Gasteiger partial charge >= 0.3 is 5.95 Å². The summed E-state index contributed by atoms with van der Waals surface area (Å²) in [6.07, 6.45) is 7.84. The molecule has 0 amide bonds. The number of likely N-dealkylation sites (tertiary alicyclic amines) is 1. The van der Waals surface area contributed by atoms with Crippen LogP contribution in [0.15, 0.2) is 48.8 Å². The lowest BCUT2D eigenvalue weighted by Gasteiger charge is -2.23. The van der Waals surface area contributed by atoms with Crippen LogP contribution in [0.3, 0.4) is 0 Å². The first-order valence-electron chi connectivity index (χ1n) is 9.37. The normalized spacial score (nSPS) is 14.4. The summed E-state index contributed by atoms with van der Waals surface area (Å²) in [5, 5.41) is 3.58. The lowest BCUT2D eigenvalue weighted by Crippen LogP contribution is -3.13. The molecule has 3 heterocycles. The summed E-state index contributed by atoms with van der Waals surface area (Å²) in [5.41, 5.74) is 3.70. The number of para-hydroxylation sites is 2. The highest BCUT2D eigenvalue weighted by Crippen LogP contribution is 2.12. The van der Waals surface area contributed by atoms with Crippen molar-refractivity contribution >= 4 is 17.0 Å². The molecule has 3 N–H and O–H groups in total. The third kappa shape index (κ3) is 5.34. The van der Waals surface area contributed by atoms with Crippen LogP contribution in [-0.4, -0.2) is 29.6 Å². The Morgan fingerprint density at radius 2 is 1.74 bits per heavy atom. The van der Waals surface area contributed by atoms with Gasteiger partial charge in [0, 0.05) is 12.4 Å². The fourth-order valence-corrected chi connectivity index (χ4v) is 3.76. The van der Waals surface area contributed by atoms with Gasteiger partial charge in [-0.1, -0.05) is 12.1 Å². The lowest BCUT2D eigenvalue weighted by molar-refractivity contribution is -0.921. The lowest BCUT2D eigenvalue weighted by atomic mass is 10.1. The molecule has 2 aromatic heterocycles. The number of H-pyrrole nitrogens is 1. The second kappa shape index (κ2) is 10.5. The summed E-state index contributed by atoms with van der Waals surface area (Å²) in [6, 6.07) is 12.7. The molecular weight excluding hydrogens is 381 g/mol. The number of nitrogens with one attached hydrogen (secondary N) is 3. The Labute approximate surface area is 173 Å². The van der Waals surface area contributed by atoms with Crippen LogP contribution in [0.2, 0.25) is 0 Å². The Morgan fingerprint density at radius 3 is 2.52 bits per heavy atom. The van der Waals surface area contributed by atoms with Crippen molar-refractivity contribution in [2.75, 3.05) is 25.0 Å². The van der Waals surface area contributed by atoms with Gasteiger partial charge in [0.05, 0.1) is 19.6 Å². The topological polar surface area (TPSA) is 49.0 Å². The number of rotatable bonds is 6. The molecule has 27 heavy (non-hydrogen) atoms. The Bertz CT molecular complexity index is 816. The number of nitrogens with zero attached hydrogens (tertiary/aromatic N) is 2. The van der Waals surface area contributed by atoms with E-state index in [-0.39, 0.29) is 24.8 Å². The number of aromatic amines is 1. The van der Waals surface area contributed by atoms with Gasteiger partial charge in [-0.25, -0.2) is 9.55 Å². The van der Waals surface area contributed by atoms with E-state index in [1.165, 1.54) is 55.5 Å². The van der Waals surface area contributed by atoms with Gasteiger partial charge < -0.3 is 29.7 Å². The number of halogens is 2. The maximum absolute atomic E-state index is 4.09. The van der Waals surface area contributed by atoms with E-state index in [1.54, 1.807) is 4.90 Å². The molecule has 7 heteroatoms. The van der Waals surface area contributed by atoms with E-state index in [9.17, 15) is 0 Å². The molecule has 0 unspecified atom stereocenters. The number of anilines is 1. The minimum atomic E-state index is 0. The van der Waals surface area contributed by atoms with Gasteiger partial charge in [-0.05, 0) is 49.1 Å². The second-order valence-corrected chi connectivity index (χ2v) is 6.91. The number of imidazole rings is 1. The molecule has 0 bridgehead atoms. The summed E-state index contributed by atoms with van der Waals surface area (Å²) >= 11 is 0. The largest absolute Gasteiger partial charge is 1.00 e. The maximum atomic E-state index is 4.09. The average molecular weight is 408 g/mol. The quantitative estimate of drug-likeness (QED) is 0.361. The highest BCUT2D eigenvalue weighted by molar-refractivity contribution is 5.72. The third-order valence-electron chi connectivity index (χ3n) is 5.18. The molecule has 4 rings (SSSR count). The fraction of sp³-hybridized carbons (Fsp3) is 0.400. The van der Waals surface area contributed by atoms with E-state index in [2.05, 4.69) is 56.3 Å². The smallest absolute Gasteiger partial charge is 0.356 e. The second-order valence-electron chi connectivity index (χ2n) is 6.91. The summed E-state index contributed by atoms with van der Waals surface area (Å²) < 4.78 is 2.40. The molecule has 3 aromatic rings. The van der Waals surface area contributed by atoms with Crippen LogP contribution in [0.5, 0.6) is 0 Å². The van der Waals surface area contributed by atoms with Gasteiger partial charge in [-0.15, -0.1) is 0 Å². The highest BCUT2D eigenvalue weighted by atomic mass is 35.5. The molecule has 1 aromatic carbocycles. The van der Waals surface area contributed by atoms with Gasteiger partial charge in [-0.3, -0.25) is 10.3 Å². The van der Waals surface area contributed by atoms with Crippen molar-refractivity contribution in [3.63, 3.8) is 0 Å². The Hall–Kier alpha value is -1.82. The number of hydrogen-bond donors (Lipinski definition) is 3. The number of piperidine rings is 1. The third-order valence-corrected chi connectivity index (χ3v) is 5.18. The van der Waals surface area contributed by atoms with Crippen molar-refractivity contribution in [3.8, 4) is 0 Å². The molecule has 1 fully saturated rings. The Morgan fingerprint density at radius 1 is 1.00 bits per heavy atom. The summed E-state index contributed by atoms with van der Waals surface area (Å²) in [5.74, 6) is 1.09. The van der Waals surface area contributed by atoms with Crippen LogP contribution in [0, 0.1) is 0 Å². The number of benzene rings is 1. The number of aromatic nitrogens is 3. The number of fused-ring (bicyclic) bond motifs is 1. The van der Waals surface area contributed by atoms with Crippen LogP contribution >= 0.6 is 0 Å². The number of pyridine rings is 1. The first-order valence-corrected chi connectivity index (χ1v) is 9.37. The van der Waals surface area contributed by atoms with Crippen LogP contribution in [0.1, 0.15) is 24.8 Å². The van der Waals surface area contributed by atoms with Crippen molar-refractivity contribution < 1.29 is 34.3 Å². The Kier molecular flexibility index (Phi) is 8.35. The number of hydrogen-bond acceptors (Lipinski definition) is 2. The van der Waals surface area contributed by atoms with E-state index in [0.29, 0.717) is 0 Å². The van der Waals surface area contributed by atoms with Crippen molar-refractivity contribution in [2.45, 2.75) is 32.4 Å². The van der Waals surface area contributed by atoms with Gasteiger partial charge in [0.25, 0.3) is 0 Å². The first kappa shape index (κ1) is 21.5. The molecule has 0 spiro atoms. The molecule has 0 aliphatic carbocycles. The molecule has 0 radical (unpaired) electrons. The zero-order valence-corrected chi connectivity index (χ0v) is 16.9. The monoisotopic (exact) mass is 407 g/mol. The summed E-state index contributed by atoms with van der Waals surface area (Å²) in [6.45, 7) is 5.67. The summed E-state index contributed by atoms with van der Waals surface area (Å²) in [4.78, 5) is 9.38. The van der Waals surface area contributed by atoms with Crippen molar-refractivity contribution in [2.24, 2.45) is 0 Å². The highest BCUT2D eigenvalue weighted by Gasteiger charge is 2.20. The molecule has 1 aliphatic heterocycles. The van der Waals surface area contributed by atoms with Gasteiger partial charge in [0.1, 0.15) is 24.1 Å². The zero-order valence-electron chi connectivity index (χ0n) is 15.4. The molecule has 5 nitrogen and oxygen atoms in total.